The van der Waals surface area contributed by atoms with Crippen molar-refractivity contribution in [2.75, 3.05) is 5.32 Å². The van der Waals surface area contributed by atoms with E-state index >= 15 is 0 Å². The third kappa shape index (κ3) is 5.30. The average molecular weight is 541 g/mol. The lowest BCUT2D eigenvalue weighted by Crippen LogP contribution is -2.18. The highest BCUT2D eigenvalue weighted by Crippen LogP contribution is 2.47. The molecule has 3 aromatic rings. The van der Waals surface area contributed by atoms with Crippen molar-refractivity contribution >= 4 is 44.9 Å². The lowest BCUT2D eigenvalue weighted by atomic mass is 10.0. The SMILES string of the molecule is O=C(CCn1nc(C(F)(F)F)c(Br)c1C1CC1)Nc1ccc(Cl)cc1C(=O)c1ccccc1. The maximum absolute atomic E-state index is 13.3. The fourth-order valence-electron chi connectivity index (χ4n) is 3.53. The fourth-order valence-corrected chi connectivity index (χ4v) is 4.53. The van der Waals surface area contributed by atoms with Crippen LogP contribution in [0.3, 0.4) is 0 Å². The summed E-state index contributed by atoms with van der Waals surface area (Å²) in [6.07, 6.45) is -3.15. The Balaban J connectivity index is 1.51. The molecule has 1 aliphatic rings. The number of halogens is 5. The number of amides is 1. The summed E-state index contributed by atoms with van der Waals surface area (Å²) >= 11 is 9.10. The molecule has 5 nitrogen and oxygen atoms in total. The molecule has 0 unspecified atom stereocenters. The Bertz CT molecular complexity index is 1210. The maximum atomic E-state index is 13.3. The van der Waals surface area contributed by atoms with Crippen LogP contribution in [0.1, 0.15) is 52.5 Å². The Hall–Kier alpha value is -2.65. The van der Waals surface area contributed by atoms with Crippen LogP contribution in [0.5, 0.6) is 0 Å². The van der Waals surface area contributed by atoms with E-state index in [1.54, 1.807) is 36.4 Å². The molecule has 33 heavy (non-hydrogen) atoms. The van der Waals surface area contributed by atoms with Crippen LogP contribution >= 0.6 is 27.5 Å². The van der Waals surface area contributed by atoms with Crippen LogP contribution < -0.4 is 5.32 Å². The van der Waals surface area contributed by atoms with Crippen molar-refractivity contribution in [3.05, 3.63) is 80.5 Å². The summed E-state index contributed by atoms with van der Waals surface area (Å²) in [6, 6.07) is 13.1. The van der Waals surface area contributed by atoms with Gasteiger partial charge in [-0.15, -0.1) is 0 Å². The molecule has 1 aliphatic carbocycles. The molecule has 1 heterocycles. The molecule has 172 valence electrons. The number of carbonyl (C=O) groups is 2. The van der Waals surface area contributed by atoms with E-state index in [9.17, 15) is 22.8 Å². The number of hydrogen-bond acceptors (Lipinski definition) is 3. The molecule has 0 bridgehead atoms. The van der Waals surface area contributed by atoms with Gasteiger partial charge in [0.05, 0.1) is 22.4 Å². The van der Waals surface area contributed by atoms with Crippen LogP contribution in [0.2, 0.25) is 5.02 Å². The third-order valence-electron chi connectivity index (χ3n) is 5.25. The second-order valence-electron chi connectivity index (χ2n) is 7.73. The minimum absolute atomic E-state index is 0.00241. The van der Waals surface area contributed by atoms with Gasteiger partial charge in [0.15, 0.2) is 11.5 Å². The molecule has 4 rings (SSSR count). The van der Waals surface area contributed by atoms with E-state index in [4.69, 9.17) is 11.6 Å². The van der Waals surface area contributed by atoms with E-state index in [0.717, 1.165) is 12.8 Å². The summed E-state index contributed by atoms with van der Waals surface area (Å²) in [5.74, 6) is -0.769. The van der Waals surface area contributed by atoms with E-state index in [1.807, 2.05) is 0 Å². The average Bonchev–Trinajstić information content (AvgIpc) is 3.55. The number of nitrogens with zero attached hydrogens (tertiary/aromatic N) is 2. The summed E-state index contributed by atoms with van der Waals surface area (Å²) in [4.78, 5) is 25.5. The van der Waals surface area contributed by atoms with E-state index < -0.39 is 17.8 Å². The molecule has 0 aliphatic heterocycles. The van der Waals surface area contributed by atoms with Crippen molar-refractivity contribution in [2.24, 2.45) is 0 Å². The quantitative estimate of drug-likeness (QED) is 0.350. The Morgan fingerprint density at radius 1 is 1.15 bits per heavy atom. The number of nitrogens with one attached hydrogen (secondary N) is 1. The predicted octanol–water partition coefficient (Wildman–Crippen LogP) is 6.46. The van der Waals surface area contributed by atoms with Gasteiger partial charge in [-0.25, -0.2) is 0 Å². The second-order valence-corrected chi connectivity index (χ2v) is 8.96. The van der Waals surface area contributed by atoms with Crippen LogP contribution in [-0.4, -0.2) is 21.5 Å². The largest absolute Gasteiger partial charge is 0.436 e. The van der Waals surface area contributed by atoms with Gasteiger partial charge in [0, 0.05) is 28.5 Å². The van der Waals surface area contributed by atoms with E-state index in [1.165, 1.54) is 16.8 Å². The number of aryl methyl sites for hydroxylation is 1. The Morgan fingerprint density at radius 3 is 2.48 bits per heavy atom. The zero-order valence-corrected chi connectivity index (χ0v) is 19.5. The van der Waals surface area contributed by atoms with Gasteiger partial charge in [-0.1, -0.05) is 41.9 Å². The number of carbonyl (C=O) groups excluding carboxylic acids is 2. The van der Waals surface area contributed by atoms with Crippen molar-refractivity contribution < 1.29 is 22.8 Å². The number of benzene rings is 2. The standard InChI is InChI=1S/C23H18BrClF3N3O2/c24-19-20(13-6-7-13)31(30-22(19)23(26,27)28)11-10-18(32)29-17-9-8-15(25)12-16(17)21(33)14-4-2-1-3-5-14/h1-5,8-9,12-13H,6-7,10-11H2,(H,29,32). The Labute approximate surface area is 201 Å². The Kier molecular flexibility index (Phi) is 6.63. The zero-order chi connectivity index (χ0) is 23.8. The number of hydrogen-bond donors (Lipinski definition) is 1. The van der Waals surface area contributed by atoms with Gasteiger partial charge < -0.3 is 5.32 Å². The molecule has 2 aromatic carbocycles. The highest BCUT2D eigenvalue weighted by atomic mass is 79.9. The van der Waals surface area contributed by atoms with Gasteiger partial charge in [0.1, 0.15) is 0 Å². The van der Waals surface area contributed by atoms with E-state index in [2.05, 4.69) is 26.3 Å². The van der Waals surface area contributed by atoms with Gasteiger partial charge in [-0.05, 0) is 47.0 Å². The molecule has 10 heteroatoms. The van der Waals surface area contributed by atoms with Crippen molar-refractivity contribution in [3.63, 3.8) is 0 Å². The minimum Gasteiger partial charge on any atom is -0.325 e. The molecule has 1 aromatic heterocycles. The summed E-state index contributed by atoms with van der Waals surface area (Å²) in [6.45, 7) is -0.0259. The minimum atomic E-state index is -4.59. The van der Waals surface area contributed by atoms with Crippen molar-refractivity contribution in [1.82, 2.24) is 9.78 Å². The number of ketones is 1. The first-order chi connectivity index (χ1) is 15.6. The van der Waals surface area contributed by atoms with Crippen LogP contribution in [0.15, 0.2) is 53.0 Å². The lowest BCUT2D eigenvalue weighted by molar-refractivity contribution is -0.142. The summed E-state index contributed by atoms with van der Waals surface area (Å²) in [5, 5.41) is 6.73. The molecule has 1 amide bonds. The van der Waals surface area contributed by atoms with Gasteiger partial charge in [0.25, 0.3) is 0 Å². The van der Waals surface area contributed by atoms with Gasteiger partial charge in [0.2, 0.25) is 5.91 Å². The lowest BCUT2D eigenvalue weighted by Gasteiger charge is -2.12. The number of rotatable bonds is 7. The first-order valence-corrected chi connectivity index (χ1v) is 11.3. The van der Waals surface area contributed by atoms with E-state index in [-0.39, 0.29) is 40.4 Å². The second kappa shape index (κ2) is 9.30. The normalized spacial score (nSPS) is 13.7. The molecule has 0 saturated heterocycles. The first-order valence-electron chi connectivity index (χ1n) is 10.2. The van der Waals surface area contributed by atoms with Crippen LogP contribution in [-0.2, 0) is 17.5 Å². The van der Waals surface area contributed by atoms with Crippen LogP contribution in [0, 0.1) is 0 Å². The smallest absolute Gasteiger partial charge is 0.325 e. The first kappa shape index (κ1) is 23.5. The van der Waals surface area contributed by atoms with Crippen LogP contribution in [0.25, 0.3) is 0 Å². The van der Waals surface area contributed by atoms with Gasteiger partial charge in [-0.2, -0.15) is 18.3 Å². The maximum Gasteiger partial charge on any atom is 0.436 e. The van der Waals surface area contributed by atoms with Gasteiger partial charge >= 0.3 is 6.18 Å². The van der Waals surface area contributed by atoms with E-state index in [0.29, 0.717) is 16.3 Å². The predicted molar refractivity (Wildman–Crippen MR) is 121 cm³/mol. The highest BCUT2D eigenvalue weighted by Gasteiger charge is 2.41. The third-order valence-corrected chi connectivity index (χ3v) is 6.27. The van der Waals surface area contributed by atoms with Crippen LogP contribution in [0.4, 0.5) is 18.9 Å². The van der Waals surface area contributed by atoms with Gasteiger partial charge in [-0.3, -0.25) is 14.3 Å². The highest BCUT2D eigenvalue weighted by molar-refractivity contribution is 9.10. The number of anilines is 1. The molecule has 1 saturated carbocycles. The molecular formula is C23H18BrClF3N3O2. The Morgan fingerprint density at radius 2 is 1.85 bits per heavy atom. The molecule has 0 radical (unpaired) electrons. The van der Waals surface area contributed by atoms with Crippen molar-refractivity contribution in [3.8, 4) is 0 Å². The summed E-state index contributed by atoms with van der Waals surface area (Å²) in [5.41, 5.74) is 0.408. The molecule has 0 atom stereocenters. The monoisotopic (exact) mass is 539 g/mol. The molecule has 0 spiro atoms. The molecule has 1 fully saturated rings. The van der Waals surface area contributed by atoms with Crippen molar-refractivity contribution in [1.29, 1.82) is 0 Å². The molecule has 1 N–H and O–H groups in total. The van der Waals surface area contributed by atoms with Crippen molar-refractivity contribution in [2.45, 2.75) is 37.9 Å². The topological polar surface area (TPSA) is 64.0 Å². The fraction of sp³-hybridized carbons (Fsp3) is 0.261. The number of aromatic nitrogens is 2. The number of alkyl halides is 3. The zero-order valence-electron chi connectivity index (χ0n) is 17.1. The molecular weight excluding hydrogens is 523 g/mol. The summed E-state index contributed by atoms with van der Waals surface area (Å²) in [7, 11) is 0. The summed E-state index contributed by atoms with van der Waals surface area (Å²) < 4.78 is 41.0.